The summed E-state index contributed by atoms with van der Waals surface area (Å²) in [6.07, 6.45) is 8.34. The van der Waals surface area contributed by atoms with Gasteiger partial charge in [-0.1, -0.05) is 26.7 Å². The van der Waals surface area contributed by atoms with Crippen LogP contribution in [0.25, 0.3) is 0 Å². The van der Waals surface area contributed by atoms with Crippen molar-refractivity contribution in [2.24, 2.45) is 39.6 Å². The number of nitrogens with zero attached hydrogens (tertiary/aromatic N) is 2. The molecule has 8 atom stereocenters. The van der Waals surface area contributed by atoms with Gasteiger partial charge in [0.05, 0.1) is 12.4 Å². The Kier molecular flexibility index (Phi) is 27.9. The molecule has 0 aliphatic heterocycles. The second-order valence-electron chi connectivity index (χ2n) is 14.9. The fraction of sp³-hybridized carbons (Fsp3) is 0.711. The predicted molar refractivity (Wildman–Crippen MR) is 242 cm³/mol. The Morgan fingerprint density at radius 2 is 1.27 bits per heavy atom. The highest BCUT2D eigenvalue weighted by molar-refractivity contribution is 7.98. The van der Waals surface area contributed by atoms with Crippen molar-refractivity contribution in [3.05, 3.63) is 18.2 Å². The highest BCUT2D eigenvalue weighted by Gasteiger charge is 2.35. The molecule has 1 heterocycles. The summed E-state index contributed by atoms with van der Waals surface area (Å²) in [5.74, 6) is -5.88. The van der Waals surface area contributed by atoms with Gasteiger partial charge in [-0.15, -0.1) is 0 Å². The Morgan fingerprint density at radius 1 is 0.758 bits per heavy atom. The van der Waals surface area contributed by atoms with Crippen LogP contribution in [-0.4, -0.2) is 142 Å². The summed E-state index contributed by atoms with van der Waals surface area (Å²) >= 11 is 5.41. The molecular weight excluding hydrogens is 845 g/mol. The molecule has 352 valence electrons. The number of aromatic amines is 1. The number of nitrogens with one attached hydrogen (secondary N) is 7. The van der Waals surface area contributed by atoms with Crippen LogP contribution in [0.3, 0.4) is 0 Å². The SMILES string of the molecule is CC[C@H](C)[C@H](NC(=O)[C@H](CCCN=C(N)N)NC(=O)[C@H](CCCCN)NC(=O)[C@@H](N)CCCCN)C(=O)N[C@@H](CCSC)C(=O)N[C@@H](Cc1cnc[nH]1)C(=O)N[C@@H](CS)C(=O)O. The van der Waals surface area contributed by atoms with Crippen molar-refractivity contribution < 1.29 is 38.7 Å². The first kappa shape index (κ1) is 55.4. The van der Waals surface area contributed by atoms with Gasteiger partial charge in [0, 0.05) is 30.6 Å². The molecule has 24 heteroatoms. The summed E-state index contributed by atoms with van der Waals surface area (Å²) in [5.41, 5.74) is 28.8. The summed E-state index contributed by atoms with van der Waals surface area (Å²) in [4.78, 5) is 105. The minimum Gasteiger partial charge on any atom is -0.480 e. The van der Waals surface area contributed by atoms with E-state index in [-0.39, 0.29) is 50.4 Å². The van der Waals surface area contributed by atoms with E-state index in [4.69, 9.17) is 28.7 Å². The van der Waals surface area contributed by atoms with Crippen LogP contribution in [0, 0.1) is 5.92 Å². The topological polar surface area (TPSA) is 383 Å². The van der Waals surface area contributed by atoms with Gasteiger partial charge in [0.15, 0.2) is 5.96 Å². The van der Waals surface area contributed by atoms with Crippen LogP contribution in [0.5, 0.6) is 0 Å². The first-order chi connectivity index (χ1) is 29.5. The summed E-state index contributed by atoms with van der Waals surface area (Å²) < 4.78 is 0. The van der Waals surface area contributed by atoms with Crippen molar-refractivity contribution in [2.45, 2.75) is 127 Å². The average Bonchev–Trinajstić information content (AvgIpc) is 3.76. The number of carbonyl (C=O) groups excluding carboxylic acids is 6. The molecule has 0 aromatic carbocycles. The van der Waals surface area contributed by atoms with Gasteiger partial charge >= 0.3 is 5.97 Å². The summed E-state index contributed by atoms with van der Waals surface area (Å²) in [6, 6.07) is -8.16. The van der Waals surface area contributed by atoms with E-state index in [1.807, 2.05) is 13.2 Å². The number of nitrogens with two attached hydrogens (primary N) is 5. The minimum atomic E-state index is -1.34. The maximum Gasteiger partial charge on any atom is 0.327 e. The lowest BCUT2D eigenvalue weighted by Crippen LogP contribution is -2.61. The largest absolute Gasteiger partial charge is 0.480 e. The van der Waals surface area contributed by atoms with E-state index in [1.165, 1.54) is 24.3 Å². The molecule has 0 aliphatic carbocycles. The molecule has 1 aromatic rings. The van der Waals surface area contributed by atoms with Crippen LogP contribution in [0.4, 0.5) is 0 Å². The van der Waals surface area contributed by atoms with Gasteiger partial charge in [0.1, 0.15) is 36.3 Å². The lowest BCUT2D eigenvalue weighted by atomic mass is 9.96. The van der Waals surface area contributed by atoms with E-state index in [0.29, 0.717) is 63.1 Å². The van der Waals surface area contributed by atoms with Crippen molar-refractivity contribution in [1.29, 1.82) is 0 Å². The van der Waals surface area contributed by atoms with Crippen LogP contribution in [-0.2, 0) is 40.0 Å². The van der Waals surface area contributed by atoms with Gasteiger partial charge in [-0.2, -0.15) is 24.4 Å². The zero-order chi connectivity index (χ0) is 46.6. The van der Waals surface area contributed by atoms with Crippen LogP contribution >= 0.6 is 24.4 Å². The second kappa shape index (κ2) is 31.2. The van der Waals surface area contributed by atoms with Crippen molar-refractivity contribution in [3.8, 4) is 0 Å². The fourth-order valence-electron chi connectivity index (χ4n) is 6.00. The van der Waals surface area contributed by atoms with Gasteiger partial charge in [0.25, 0.3) is 0 Å². The normalized spacial score (nSPS) is 15.0. The molecule has 0 radical (unpaired) electrons. The number of imidazole rings is 1. The number of hydrogen-bond acceptors (Lipinski definition) is 14. The smallest absolute Gasteiger partial charge is 0.327 e. The van der Waals surface area contributed by atoms with Gasteiger partial charge in [0.2, 0.25) is 35.4 Å². The number of unbranched alkanes of at least 4 members (excludes halogenated alkanes) is 2. The number of rotatable bonds is 33. The quantitative estimate of drug-likeness (QED) is 0.0148. The third kappa shape index (κ3) is 21.4. The highest BCUT2D eigenvalue weighted by atomic mass is 32.2. The molecule has 22 nitrogen and oxygen atoms in total. The molecule has 0 spiro atoms. The van der Waals surface area contributed by atoms with E-state index in [9.17, 15) is 38.7 Å². The molecule has 62 heavy (non-hydrogen) atoms. The zero-order valence-electron chi connectivity index (χ0n) is 36.0. The number of thiol groups is 1. The van der Waals surface area contributed by atoms with E-state index in [2.05, 4.69) is 59.5 Å². The number of guanidine groups is 1. The van der Waals surface area contributed by atoms with E-state index in [1.54, 1.807) is 6.92 Å². The van der Waals surface area contributed by atoms with Crippen LogP contribution < -0.4 is 60.6 Å². The number of aromatic nitrogens is 2. The Labute approximate surface area is 373 Å². The molecule has 6 amide bonds. The van der Waals surface area contributed by atoms with Gasteiger partial charge in [-0.25, -0.2) is 9.78 Å². The lowest BCUT2D eigenvalue weighted by molar-refractivity contribution is -0.141. The van der Waals surface area contributed by atoms with Gasteiger partial charge in [-0.3, -0.25) is 33.8 Å². The highest BCUT2D eigenvalue weighted by Crippen LogP contribution is 2.13. The third-order valence-electron chi connectivity index (χ3n) is 9.91. The molecule has 0 aliphatic rings. The number of hydrogen-bond donors (Lipinski definition) is 14. The molecule has 0 unspecified atom stereocenters. The lowest BCUT2D eigenvalue weighted by Gasteiger charge is -2.29. The van der Waals surface area contributed by atoms with E-state index in [0.717, 1.165) is 0 Å². The monoisotopic (exact) mass is 914 g/mol. The number of amides is 6. The van der Waals surface area contributed by atoms with Crippen molar-refractivity contribution in [1.82, 2.24) is 41.9 Å². The number of aliphatic imine (C=N–C) groups is 1. The number of aliphatic carboxylic acids is 1. The molecule has 0 saturated carbocycles. The number of carbonyl (C=O) groups is 7. The number of thioether (sulfide) groups is 1. The Balaban J connectivity index is 3.41. The first-order valence-corrected chi connectivity index (χ1v) is 22.9. The zero-order valence-corrected chi connectivity index (χ0v) is 37.7. The summed E-state index contributed by atoms with van der Waals surface area (Å²) in [5, 5.41) is 25.5. The Morgan fingerprint density at radius 3 is 1.81 bits per heavy atom. The molecule has 18 N–H and O–H groups in total. The number of H-pyrrole nitrogens is 1. The Hall–Kier alpha value is -4.65. The number of carboxylic acid groups (broad SMARTS) is 1. The molecule has 0 saturated heterocycles. The maximum absolute atomic E-state index is 14.1. The summed E-state index contributed by atoms with van der Waals surface area (Å²) in [6.45, 7) is 4.48. The Bertz CT molecular complexity index is 1570. The predicted octanol–water partition coefficient (Wildman–Crippen LogP) is -2.69. The van der Waals surface area contributed by atoms with Crippen LogP contribution in [0.2, 0.25) is 0 Å². The van der Waals surface area contributed by atoms with Crippen LogP contribution in [0.15, 0.2) is 17.5 Å². The summed E-state index contributed by atoms with van der Waals surface area (Å²) in [7, 11) is 0. The maximum atomic E-state index is 14.1. The minimum absolute atomic E-state index is 0.0414. The second-order valence-corrected chi connectivity index (χ2v) is 16.2. The first-order valence-electron chi connectivity index (χ1n) is 20.9. The van der Waals surface area contributed by atoms with Crippen LogP contribution in [0.1, 0.15) is 83.7 Å². The molecule has 1 rings (SSSR count). The van der Waals surface area contributed by atoms with Crippen molar-refractivity contribution in [2.75, 3.05) is 37.4 Å². The number of carboxylic acids is 1. The molecule has 1 aromatic heterocycles. The third-order valence-corrected chi connectivity index (χ3v) is 10.9. The standard InChI is InChI=1S/C38H70N14O8S2/c1-4-22(2)30(36(58)49-27(13-17-62-3)33(55)50-28(18-23-19-44-21-46-23)35(57)51-29(20-61)37(59)60)52-34(56)26(12-9-16-45-38(42)43)48-32(54)25(11-6-8-15-40)47-31(53)24(41)10-5-7-14-39/h19,21-22,24-30,61H,4-18,20,39-41H2,1-3H3,(H,44,46)(H,47,53)(H,48,54)(H,49,58)(H,50,55)(H,51,57)(H,52,56)(H,59,60)(H4,42,43,45)/t22-,24-,25-,26-,27-,28-,29-,30-/m0/s1. The molecule has 0 fully saturated rings. The van der Waals surface area contributed by atoms with Crippen molar-refractivity contribution in [3.63, 3.8) is 0 Å². The average molecular weight is 915 g/mol. The van der Waals surface area contributed by atoms with Crippen molar-refractivity contribution >= 4 is 71.8 Å². The van der Waals surface area contributed by atoms with Gasteiger partial charge < -0.3 is 70.7 Å². The van der Waals surface area contributed by atoms with E-state index < -0.39 is 89.6 Å². The molecular formula is C38H70N14O8S2. The fourth-order valence-corrected chi connectivity index (χ4v) is 6.72. The van der Waals surface area contributed by atoms with E-state index >= 15 is 0 Å². The van der Waals surface area contributed by atoms with Gasteiger partial charge in [-0.05, 0) is 82.4 Å². The molecule has 0 bridgehead atoms.